The number of methoxy groups -OCH3 is 1. The Labute approximate surface area is 287 Å². The average molecular weight is 693 g/mol. The first-order valence-corrected chi connectivity index (χ1v) is 17.1. The monoisotopic (exact) mass is 692 g/mol. The SMILES string of the molecule is CCN1CCN(CCCOc2cc3nccc(Oc4c(F)cc(NC(=O)NN5C(=O)CSC5c5ccccc5)cc4F)c3cc2OC)CC1. The van der Waals surface area contributed by atoms with E-state index in [0.717, 1.165) is 63.4 Å². The smallest absolute Gasteiger partial charge is 0.338 e. The van der Waals surface area contributed by atoms with Crippen LogP contribution in [0.1, 0.15) is 24.3 Å². The van der Waals surface area contributed by atoms with Gasteiger partial charge in [0.05, 0.1) is 25.0 Å². The summed E-state index contributed by atoms with van der Waals surface area (Å²) in [6.45, 7) is 8.93. The Bertz CT molecular complexity index is 1770. The van der Waals surface area contributed by atoms with Gasteiger partial charge < -0.3 is 29.3 Å². The molecule has 3 aromatic carbocycles. The van der Waals surface area contributed by atoms with E-state index in [4.69, 9.17) is 14.2 Å². The second kappa shape index (κ2) is 15.7. The highest BCUT2D eigenvalue weighted by molar-refractivity contribution is 8.00. The molecule has 49 heavy (non-hydrogen) atoms. The van der Waals surface area contributed by atoms with Crippen molar-refractivity contribution in [2.24, 2.45) is 0 Å². The van der Waals surface area contributed by atoms with Gasteiger partial charge in [-0.3, -0.25) is 9.78 Å². The van der Waals surface area contributed by atoms with Gasteiger partial charge in [-0.1, -0.05) is 37.3 Å². The van der Waals surface area contributed by atoms with Crippen molar-refractivity contribution in [2.45, 2.75) is 18.7 Å². The number of nitrogens with one attached hydrogen (secondary N) is 2. The Morgan fingerprint density at radius 3 is 2.43 bits per heavy atom. The first-order valence-electron chi connectivity index (χ1n) is 16.1. The van der Waals surface area contributed by atoms with Crippen molar-refractivity contribution in [2.75, 3.05) is 64.1 Å². The summed E-state index contributed by atoms with van der Waals surface area (Å²) >= 11 is 1.36. The zero-order valence-electron chi connectivity index (χ0n) is 27.3. The van der Waals surface area contributed by atoms with Gasteiger partial charge in [-0.2, -0.15) is 0 Å². The molecule has 2 N–H and O–H groups in total. The number of anilines is 1. The number of hydrogen-bond acceptors (Lipinski definition) is 9. The number of pyridine rings is 1. The molecule has 1 atom stereocenters. The zero-order chi connectivity index (χ0) is 34.3. The second-order valence-electron chi connectivity index (χ2n) is 11.6. The van der Waals surface area contributed by atoms with Gasteiger partial charge in [0, 0.05) is 68.2 Å². The minimum atomic E-state index is -1.04. The largest absolute Gasteiger partial charge is 0.493 e. The number of hydrazine groups is 1. The van der Waals surface area contributed by atoms with Crippen LogP contribution >= 0.6 is 11.8 Å². The van der Waals surface area contributed by atoms with E-state index in [9.17, 15) is 9.59 Å². The highest BCUT2D eigenvalue weighted by Gasteiger charge is 2.34. The third kappa shape index (κ3) is 8.15. The molecule has 0 aliphatic carbocycles. The molecule has 0 bridgehead atoms. The van der Waals surface area contributed by atoms with E-state index in [1.807, 2.05) is 30.3 Å². The fourth-order valence-corrected chi connectivity index (χ4v) is 6.91. The van der Waals surface area contributed by atoms with Gasteiger partial charge in [-0.25, -0.2) is 24.0 Å². The minimum Gasteiger partial charge on any atom is -0.493 e. The summed E-state index contributed by atoms with van der Waals surface area (Å²) in [7, 11) is 1.51. The van der Waals surface area contributed by atoms with Crippen LogP contribution in [0.3, 0.4) is 0 Å². The number of urea groups is 1. The number of piperazine rings is 1. The Morgan fingerprint density at radius 1 is 0.980 bits per heavy atom. The van der Waals surface area contributed by atoms with Gasteiger partial charge in [0.15, 0.2) is 28.9 Å². The molecule has 1 unspecified atom stereocenters. The molecule has 11 nitrogen and oxygen atoms in total. The normalized spacial score (nSPS) is 16.9. The molecule has 2 saturated heterocycles. The number of halogens is 2. The maximum Gasteiger partial charge on any atom is 0.338 e. The quantitative estimate of drug-likeness (QED) is 0.172. The molecule has 0 saturated carbocycles. The van der Waals surface area contributed by atoms with Crippen LogP contribution in [0.5, 0.6) is 23.0 Å². The van der Waals surface area contributed by atoms with Gasteiger partial charge in [-0.15, -0.1) is 11.8 Å². The second-order valence-corrected chi connectivity index (χ2v) is 12.7. The molecular formula is C35H38F2N6O5S. The Morgan fingerprint density at radius 2 is 1.71 bits per heavy atom. The third-order valence-electron chi connectivity index (χ3n) is 8.42. The van der Waals surface area contributed by atoms with E-state index in [2.05, 4.69) is 32.5 Å². The number of carbonyl (C=O) groups excluding carboxylic acids is 2. The number of ether oxygens (including phenoxy) is 3. The number of aromatic nitrogens is 1. The number of thioether (sulfide) groups is 1. The van der Waals surface area contributed by atoms with Crippen molar-refractivity contribution in [1.29, 1.82) is 0 Å². The lowest BCUT2D eigenvalue weighted by atomic mass is 10.1. The number of amides is 3. The average Bonchev–Trinajstić information content (AvgIpc) is 3.47. The van der Waals surface area contributed by atoms with E-state index in [1.54, 1.807) is 12.1 Å². The molecule has 258 valence electrons. The fourth-order valence-electron chi connectivity index (χ4n) is 5.81. The lowest BCUT2D eigenvalue weighted by Gasteiger charge is -2.33. The maximum atomic E-state index is 15.3. The standard InChI is InChI=1S/C35H38F2N6O5S/c1-3-41-13-15-42(16-14-41)12-7-17-47-31-21-28-25(20-30(31)46-2)29(10-11-38-28)48-33-26(36)18-24(19-27(33)37)39-35(45)40-43-32(44)22-49-34(43)23-8-5-4-6-9-23/h4-6,8-11,18-21,34H,3,7,12-17,22H2,1-2H3,(H2,39,40,45). The van der Waals surface area contributed by atoms with E-state index in [1.165, 1.54) is 36.1 Å². The predicted octanol–water partition coefficient (Wildman–Crippen LogP) is 6.03. The van der Waals surface area contributed by atoms with Gasteiger partial charge in [-0.05, 0) is 30.7 Å². The Kier molecular flexibility index (Phi) is 11.0. The molecule has 2 aliphatic rings. The third-order valence-corrected chi connectivity index (χ3v) is 9.63. The number of rotatable bonds is 12. The molecule has 6 rings (SSSR count). The number of nitrogens with zero attached hydrogens (tertiary/aromatic N) is 4. The van der Waals surface area contributed by atoms with Crippen LogP contribution in [0.15, 0.2) is 66.9 Å². The topological polar surface area (TPSA) is 109 Å². The first kappa shape index (κ1) is 34.2. The summed E-state index contributed by atoms with van der Waals surface area (Å²) in [5.41, 5.74) is 3.64. The highest BCUT2D eigenvalue weighted by Crippen LogP contribution is 2.39. The Hall–Kier alpha value is -4.66. The molecule has 3 heterocycles. The predicted molar refractivity (Wildman–Crippen MR) is 184 cm³/mol. The van der Waals surface area contributed by atoms with Crippen LogP contribution in [-0.2, 0) is 4.79 Å². The molecule has 1 aromatic heterocycles. The zero-order valence-corrected chi connectivity index (χ0v) is 28.1. The van der Waals surface area contributed by atoms with Crippen molar-refractivity contribution in [1.82, 2.24) is 25.2 Å². The van der Waals surface area contributed by atoms with Crippen LogP contribution in [-0.4, -0.2) is 90.5 Å². The molecule has 2 fully saturated rings. The van der Waals surface area contributed by atoms with Gasteiger partial charge in [0.2, 0.25) is 0 Å². The van der Waals surface area contributed by atoms with Crippen molar-refractivity contribution in [3.8, 4) is 23.0 Å². The van der Waals surface area contributed by atoms with E-state index < -0.39 is 28.8 Å². The lowest BCUT2D eigenvalue weighted by molar-refractivity contribution is -0.130. The van der Waals surface area contributed by atoms with Gasteiger partial charge >= 0.3 is 6.03 Å². The molecule has 2 aliphatic heterocycles. The van der Waals surface area contributed by atoms with E-state index >= 15 is 8.78 Å². The van der Waals surface area contributed by atoms with Crippen LogP contribution < -0.4 is 25.0 Å². The molecule has 3 amide bonds. The maximum absolute atomic E-state index is 15.3. The van der Waals surface area contributed by atoms with E-state index in [-0.39, 0.29) is 23.1 Å². The molecule has 0 spiro atoms. The van der Waals surface area contributed by atoms with Crippen LogP contribution in [0.2, 0.25) is 0 Å². The summed E-state index contributed by atoms with van der Waals surface area (Å²) in [6.07, 6.45) is 2.32. The summed E-state index contributed by atoms with van der Waals surface area (Å²) in [4.78, 5) is 34.5. The Balaban J connectivity index is 1.10. The number of fused-ring (bicyclic) bond motifs is 1. The van der Waals surface area contributed by atoms with Crippen LogP contribution in [0.4, 0.5) is 19.3 Å². The summed E-state index contributed by atoms with van der Waals surface area (Å²) in [5.74, 6) is -1.79. The summed E-state index contributed by atoms with van der Waals surface area (Å²) in [5, 5.41) is 3.62. The van der Waals surface area contributed by atoms with Crippen molar-refractivity contribution in [3.05, 3.63) is 84.1 Å². The van der Waals surface area contributed by atoms with Crippen molar-refractivity contribution >= 4 is 40.3 Å². The first-order chi connectivity index (χ1) is 23.8. The molecular weight excluding hydrogens is 654 g/mol. The summed E-state index contributed by atoms with van der Waals surface area (Å²) in [6, 6.07) is 15.1. The minimum absolute atomic E-state index is 0.148. The lowest BCUT2D eigenvalue weighted by Crippen LogP contribution is -2.46. The van der Waals surface area contributed by atoms with E-state index in [0.29, 0.717) is 29.0 Å². The summed E-state index contributed by atoms with van der Waals surface area (Å²) < 4.78 is 47.9. The number of likely N-dealkylation sites (N-methyl/N-ethyl adjacent to an activating group) is 1. The molecule has 4 aromatic rings. The van der Waals surface area contributed by atoms with Crippen molar-refractivity contribution in [3.63, 3.8) is 0 Å². The van der Waals surface area contributed by atoms with Gasteiger partial charge in [0.1, 0.15) is 11.1 Å². The van der Waals surface area contributed by atoms with Crippen molar-refractivity contribution < 1.29 is 32.6 Å². The van der Waals surface area contributed by atoms with Gasteiger partial charge in [0.25, 0.3) is 5.91 Å². The van der Waals surface area contributed by atoms with Crippen LogP contribution in [0, 0.1) is 11.6 Å². The van der Waals surface area contributed by atoms with Crippen LogP contribution in [0.25, 0.3) is 10.9 Å². The molecule has 14 heteroatoms. The number of hydrogen-bond donors (Lipinski definition) is 2. The number of carbonyl (C=O) groups is 2. The molecule has 0 radical (unpaired) electrons. The fraction of sp³-hybridized carbons (Fsp3) is 0.343. The highest BCUT2D eigenvalue weighted by atomic mass is 32.2. The number of benzene rings is 3.